The molecule has 0 radical (unpaired) electrons. The molecule has 1 fully saturated rings. The van der Waals surface area contributed by atoms with Crippen LogP contribution in [0, 0.1) is 5.41 Å². The fourth-order valence-corrected chi connectivity index (χ4v) is 6.36. The van der Waals surface area contributed by atoms with Gasteiger partial charge in [0, 0.05) is 6.20 Å². The predicted octanol–water partition coefficient (Wildman–Crippen LogP) is 7.18. The van der Waals surface area contributed by atoms with Crippen LogP contribution in [0.15, 0.2) is 12.3 Å². The molecule has 13 nitrogen and oxygen atoms in total. The Balaban J connectivity index is 1.35. The number of ether oxygens (including phenoxy) is 6. The van der Waals surface area contributed by atoms with E-state index in [1.165, 1.54) is 83.1 Å². The molecule has 1 aromatic rings. The van der Waals surface area contributed by atoms with Crippen LogP contribution in [-0.4, -0.2) is 71.6 Å². The van der Waals surface area contributed by atoms with Crippen LogP contribution in [-0.2, 0) is 42.9 Å². The molecule has 0 spiro atoms. The van der Waals surface area contributed by atoms with Crippen molar-refractivity contribution in [2.45, 2.75) is 180 Å². The van der Waals surface area contributed by atoms with E-state index in [1.54, 1.807) is 10.8 Å². The third kappa shape index (κ3) is 16.5. The molecule has 1 saturated heterocycles. The number of fused-ring (bicyclic) bond motifs is 3. The smallest absolute Gasteiger partial charge is 0.306 e. The highest BCUT2D eigenvalue weighted by molar-refractivity contribution is 5.78. The van der Waals surface area contributed by atoms with Crippen molar-refractivity contribution >= 4 is 23.9 Å². The lowest BCUT2D eigenvalue weighted by molar-refractivity contribution is -0.163. The maximum atomic E-state index is 12.9. The number of carbonyl (C=O) groups excluding carboxylic acids is 4. The zero-order valence-electron chi connectivity index (χ0n) is 31.6. The highest BCUT2D eigenvalue weighted by Gasteiger charge is 2.54. The van der Waals surface area contributed by atoms with Gasteiger partial charge >= 0.3 is 29.9 Å². The normalized spacial score (nSPS) is 18.7. The van der Waals surface area contributed by atoms with Gasteiger partial charge in [0.05, 0.1) is 38.9 Å². The van der Waals surface area contributed by atoms with E-state index in [-0.39, 0.29) is 43.8 Å². The Morgan fingerprint density at radius 2 is 1.13 bits per heavy atom. The van der Waals surface area contributed by atoms with Crippen molar-refractivity contribution in [3.8, 4) is 6.01 Å². The number of aromatic nitrogens is 2. The minimum Gasteiger partial charge on any atom is -0.466 e. The van der Waals surface area contributed by atoms with E-state index in [4.69, 9.17) is 33.8 Å². The lowest BCUT2D eigenvalue weighted by Crippen LogP contribution is -2.40. The summed E-state index contributed by atoms with van der Waals surface area (Å²) in [7, 11) is 0. The highest BCUT2D eigenvalue weighted by Crippen LogP contribution is 2.40. The van der Waals surface area contributed by atoms with Crippen molar-refractivity contribution in [3.05, 3.63) is 17.8 Å². The van der Waals surface area contributed by atoms with Crippen LogP contribution in [0.4, 0.5) is 0 Å². The molecule has 0 saturated carbocycles. The first-order valence-electron chi connectivity index (χ1n) is 19.9. The molecular formula is C39H63N3O10. The average molecular weight is 734 g/mol. The largest absolute Gasteiger partial charge is 0.466 e. The third-order valence-corrected chi connectivity index (χ3v) is 9.40. The van der Waals surface area contributed by atoms with Crippen LogP contribution in [0.3, 0.4) is 0 Å². The Kier molecular flexibility index (Phi) is 21.0. The number of nitrogens with zero attached hydrogens (tertiary/aromatic N) is 2. The topological polar surface area (TPSA) is 165 Å². The van der Waals surface area contributed by atoms with Gasteiger partial charge in [-0.15, -0.1) is 0 Å². The Labute approximate surface area is 309 Å². The summed E-state index contributed by atoms with van der Waals surface area (Å²) >= 11 is 0. The lowest BCUT2D eigenvalue weighted by atomic mass is 10.1. The average Bonchev–Trinajstić information content (AvgIpc) is 3.65. The van der Waals surface area contributed by atoms with Gasteiger partial charge in [0.25, 0.3) is 0 Å². The Bertz CT molecular complexity index is 1270. The summed E-state index contributed by atoms with van der Waals surface area (Å²) in [4.78, 5) is 53.9. The van der Waals surface area contributed by atoms with Crippen molar-refractivity contribution < 1.29 is 47.6 Å². The molecule has 0 aliphatic carbocycles. The van der Waals surface area contributed by atoms with Crippen LogP contribution < -0.4 is 10.2 Å². The maximum absolute atomic E-state index is 12.9. The maximum Gasteiger partial charge on any atom is 0.306 e. The van der Waals surface area contributed by atoms with E-state index < -0.39 is 48.4 Å². The molecule has 0 amide bonds. The minimum absolute atomic E-state index is 0.00198. The molecule has 0 aromatic carbocycles. The van der Waals surface area contributed by atoms with Crippen molar-refractivity contribution in [1.29, 1.82) is 5.41 Å². The van der Waals surface area contributed by atoms with E-state index in [0.717, 1.165) is 38.5 Å². The van der Waals surface area contributed by atoms with Gasteiger partial charge in [0.1, 0.15) is 12.7 Å². The van der Waals surface area contributed by atoms with Gasteiger partial charge in [-0.05, 0) is 18.9 Å². The number of nitrogens with one attached hydrogen (secondary N) is 1. The van der Waals surface area contributed by atoms with Crippen molar-refractivity contribution in [3.63, 3.8) is 0 Å². The van der Waals surface area contributed by atoms with Crippen LogP contribution in [0.5, 0.6) is 6.01 Å². The fraction of sp³-hybridized carbons (Fsp3) is 0.795. The molecule has 13 heteroatoms. The van der Waals surface area contributed by atoms with Gasteiger partial charge in [-0.25, -0.2) is 0 Å². The zero-order valence-corrected chi connectivity index (χ0v) is 31.6. The molecule has 3 rings (SSSR count). The van der Waals surface area contributed by atoms with E-state index >= 15 is 0 Å². The molecule has 2 aliphatic heterocycles. The Morgan fingerprint density at radius 1 is 0.673 bits per heavy atom. The Hall–Kier alpha value is -3.48. The quantitative estimate of drug-likeness (QED) is 0.0503. The molecule has 294 valence electrons. The molecule has 1 aromatic heterocycles. The number of rotatable bonds is 29. The zero-order chi connectivity index (χ0) is 37.4. The lowest BCUT2D eigenvalue weighted by Gasteiger charge is -2.22. The number of carbonyl (C=O) groups is 4. The molecule has 1 N–H and O–H groups in total. The van der Waals surface area contributed by atoms with E-state index in [2.05, 4.69) is 18.8 Å². The second-order valence-corrected chi connectivity index (χ2v) is 13.9. The minimum atomic E-state index is -0.986. The summed E-state index contributed by atoms with van der Waals surface area (Å²) in [6.45, 7) is 4.83. The van der Waals surface area contributed by atoms with Gasteiger partial charge in [-0.2, -0.15) is 4.98 Å². The fourth-order valence-electron chi connectivity index (χ4n) is 6.36. The number of unbranched alkanes of at least 4 members (excludes halogenated alkanes) is 16. The summed E-state index contributed by atoms with van der Waals surface area (Å²) in [5.41, 5.74) is -0.00198. The molecule has 4 atom stereocenters. The van der Waals surface area contributed by atoms with Crippen LogP contribution in [0.25, 0.3) is 0 Å². The number of esters is 4. The molecule has 52 heavy (non-hydrogen) atoms. The van der Waals surface area contributed by atoms with Gasteiger partial charge in [0.15, 0.2) is 23.9 Å². The highest BCUT2D eigenvalue weighted by atomic mass is 16.7. The van der Waals surface area contributed by atoms with Crippen LogP contribution in [0.1, 0.15) is 161 Å². The predicted molar refractivity (Wildman–Crippen MR) is 192 cm³/mol. The summed E-state index contributed by atoms with van der Waals surface area (Å²) in [5, 5.41) is 7.80. The van der Waals surface area contributed by atoms with Crippen molar-refractivity contribution in [2.75, 3.05) is 19.8 Å². The van der Waals surface area contributed by atoms with Crippen LogP contribution in [0.2, 0.25) is 0 Å². The van der Waals surface area contributed by atoms with Crippen LogP contribution >= 0.6 is 0 Å². The summed E-state index contributed by atoms with van der Waals surface area (Å²) in [6.07, 6.45) is 18.5. The molecule has 0 unspecified atom stereocenters. The number of hydrogen-bond donors (Lipinski definition) is 1. The number of hydrogen-bond acceptors (Lipinski definition) is 12. The van der Waals surface area contributed by atoms with Gasteiger partial charge < -0.3 is 28.4 Å². The molecule has 3 heterocycles. The van der Waals surface area contributed by atoms with E-state index in [9.17, 15) is 19.2 Å². The molecular weight excluding hydrogens is 670 g/mol. The van der Waals surface area contributed by atoms with E-state index in [1.807, 2.05) is 0 Å². The second kappa shape index (κ2) is 25.5. The first kappa shape index (κ1) is 42.9. The molecule has 0 bridgehead atoms. The molecule has 2 aliphatic rings. The van der Waals surface area contributed by atoms with Crippen molar-refractivity contribution in [1.82, 2.24) is 9.55 Å². The van der Waals surface area contributed by atoms with E-state index in [0.29, 0.717) is 13.2 Å². The first-order chi connectivity index (χ1) is 25.3. The third-order valence-electron chi connectivity index (χ3n) is 9.40. The van der Waals surface area contributed by atoms with Gasteiger partial charge in [0.2, 0.25) is 0 Å². The van der Waals surface area contributed by atoms with Crippen molar-refractivity contribution in [2.24, 2.45) is 0 Å². The van der Waals surface area contributed by atoms with Gasteiger partial charge in [-0.1, -0.05) is 117 Å². The monoisotopic (exact) mass is 733 g/mol. The summed E-state index contributed by atoms with van der Waals surface area (Å²) < 4.78 is 35.3. The second-order valence-electron chi connectivity index (χ2n) is 13.9. The first-order valence-corrected chi connectivity index (χ1v) is 19.9. The van der Waals surface area contributed by atoms with Gasteiger partial charge in [-0.3, -0.25) is 29.2 Å². The standard InChI is InChI=1S/C39H63N3O10/c1-3-5-7-9-11-13-15-17-19-27-47-32(43)21-22-34(45)49-29-30-36(37-38(50-30)42-26-25-31(40)41-39(42)52-37)51-35(46)24-23-33(44)48-28-20-18-16-14-12-10-8-6-4-2/h25-26,30,36-38,40H,3-24,27-29H2,1-2H3/t30-,36-,37-,38-/m1/s1. The summed E-state index contributed by atoms with van der Waals surface area (Å²) in [6, 6.07) is 1.61. The Morgan fingerprint density at radius 3 is 1.65 bits per heavy atom. The summed E-state index contributed by atoms with van der Waals surface area (Å²) in [5.74, 6) is -2.19. The SMILES string of the molecule is CCCCCCCCCCCOC(=O)CCC(=O)OC[C@H]1O[C@@H]2[C@H](Oc3nc(=N)ccn32)[C@@H]1OC(=O)CCC(=O)OCCCCCCCCCCC.